The summed E-state index contributed by atoms with van der Waals surface area (Å²) < 4.78 is 4.92. The second-order valence-electron chi connectivity index (χ2n) is 2.04. The number of hydrogen-bond donors (Lipinski definition) is 1. The van der Waals surface area contributed by atoms with Gasteiger partial charge in [-0.3, -0.25) is 0 Å². The molecule has 1 aliphatic rings. The Morgan fingerprint density at radius 3 is 2.75 bits per heavy atom. The van der Waals surface area contributed by atoms with Crippen molar-refractivity contribution in [3.05, 3.63) is 0 Å². The molecule has 1 saturated heterocycles. The van der Waals surface area contributed by atoms with Gasteiger partial charge in [-0.2, -0.15) is 0 Å². The van der Waals surface area contributed by atoms with E-state index in [1.807, 2.05) is 0 Å². The van der Waals surface area contributed by atoms with Gasteiger partial charge in [0.05, 0.1) is 6.61 Å². The van der Waals surface area contributed by atoms with Crippen molar-refractivity contribution in [1.29, 1.82) is 0 Å². The molecule has 1 N–H and O–H groups in total. The van der Waals surface area contributed by atoms with E-state index in [1.165, 1.54) is 0 Å². The van der Waals surface area contributed by atoms with E-state index >= 15 is 0 Å². The molecule has 1 rings (SSSR count). The number of hydrogen-bond acceptors (Lipinski definition) is 2. The summed E-state index contributed by atoms with van der Waals surface area (Å²) in [6.45, 7) is 1.81. The fourth-order valence-electron chi connectivity index (χ4n) is 0.600. The summed E-state index contributed by atoms with van der Waals surface area (Å²) in [7, 11) is 0. The van der Waals surface area contributed by atoms with Crippen LogP contribution in [0.1, 0.15) is 6.92 Å². The first-order chi connectivity index (χ1) is 3.73. The second-order valence-corrected chi connectivity index (χ2v) is 2.04. The van der Waals surface area contributed by atoms with Crippen LogP contribution in [0.3, 0.4) is 0 Å². The van der Waals surface area contributed by atoms with E-state index in [2.05, 4.69) is 5.92 Å². The quantitative estimate of drug-likeness (QED) is 0.375. The zero-order chi connectivity index (χ0) is 6.20. The Morgan fingerprint density at radius 1 is 2.00 bits per heavy atom. The number of ether oxygens (including phenoxy) is 1. The molecule has 44 valence electrons. The lowest BCUT2D eigenvalue weighted by molar-refractivity contribution is 0.240. The molecule has 0 saturated carbocycles. The molecule has 0 aromatic carbocycles. The first kappa shape index (κ1) is 5.61. The van der Waals surface area contributed by atoms with Crippen molar-refractivity contribution in [2.45, 2.75) is 18.6 Å². The Bertz CT molecular complexity index is 136. The monoisotopic (exact) mass is 112 g/mol. The van der Waals surface area contributed by atoms with E-state index < -0.39 is 5.60 Å². The van der Waals surface area contributed by atoms with Crippen LogP contribution in [0.15, 0.2) is 0 Å². The maximum absolute atomic E-state index is 8.45. The Kier molecular flexibility index (Phi) is 1.04. The van der Waals surface area contributed by atoms with E-state index in [0.29, 0.717) is 0 Å². The molecule has 1 aliphatic heterocycles. The molecular weight excluding hydrogens is 104 g/mol. The van der Waals surface area contributed by atoms with Crippen LogP contribution in [0, 0.1) is 12.3 Å². The molecule has 1 heterocycles. The predicted octanol–water partition coefficient (Wildman–Crippen LogP) is -0.231. The standard InChI is InChI=1S/C6H8O2/c1-3-6(2)5(4-7)8-6/h1,5,7H,4H2,2H3/t5-,6+/m0/s1. The fraction of sp³-hybridized carbons (Fsp3) is 0.667. The molecule has 0 radical (unpaired) electrons. The Hall–Kier alpha value is -0.520. The summed E-state index contributed by atoms with van der Waals surface area (Å²) in [6, 6.07) is 0. The van der Waals surface area contributed by atoms with E-state index in [-0.39, 0.29) is 12.7 Å². The lowest BCUT2D eigenvalue weighted by Crippen LogP contribution is -2.08. The van der Waals surface area contributed by atoms with Crippen molar-refractivity contribution >= 4 is 0 Å². The van der Waals surface area contributed by atoms with Crippen molar-refractivity contribution in [3.63, 3.8) is 0 Å². The van der Waals surface area contributed by atoms with Crippen LogP contribution in [0.5, 0.6) is 0 Å². The van der Waals surface area contributed by atoms with Gasteiger partial charge in [-0.05, 0) is 6.92 Å². The normalized spacial score (nSPS) is 43.4. The number of rotatable bonds is 1. The molecular formula is C6H8O2. The molecule has 0 amide bonds. The highest BCUT2D eigenvalue weighted by atomic mass is 16.6. The van der Waals surface area contributed by atoms with Crippen molar-refractivity contribution < 1.29 is 9.84 Å². The topological polar surface area (TPSA) is 32.8 Å². The molecule has 8 heavy (non-hydrogen) atoms. The van der Waals surface area contributed by atoms with Gasteiger partial charge in [0.15, 0.2) is 5.60 Å². The minimum Gasteiger partial charge on any atom is -0.394 e. The first-order valence-electron chi connectivity index (χ1n) is 2.49. The SMILES string of the molecule is C#C[C@@]1(C)O[C@H]1CO. The van der Waals surface area contributed by atoms with Crippen LogP contribution in [0.4, 0.5) is 0 Å². The number of aliphatic hydroxyl groups is 1. The fourth-order valence-corrected chi connectivity index (χ4v) is 0.600. The van der Waals surface area contributed by atoms with Gasteiger partial charge in [0.1, 0.15) is 6.10 Å². The van der Waals surface area contributed by atoms with E-state index in [9.17, 15) is 0 Å². The van der Waals surface area contributed by atoms with Gasteiger partial charge in [-0.25, -0.2) is 0 Å². The number of terminal acetylenes is 1. The van der Waals surface area contributed by atoms with Crippen molar-refractivity contribution in [2.75, 3.05) is 6.61 Å². The van der Waals surface area contributed by atoms with Crippen molar-refractivity contribution in [1.82, 2.24) is 0 Å². The molecule has 0 spiro atoms. The van der Waals surface area contributed by atoms with Crippen LogP contribution in [0.2, 0.25) is 0 Å². The minimum atomic E-state index is -0.464. The van der Waals surface area contributed by atoms with Crippen LogP contribution in [-0.2, 0) is 4.74 Å². The van der Waals surface area contributed by atoms with Crippen LogP contribution in [0.25, 0.3) is 0 Å². The summed E-state index contributed by atoms with van der Waals surface area (Å²) in [5.74, 6) is 2.43. The van der Waals surface area contributed by atoms with Gasteiger partial charge in [0.2, 0.25) is 0 Å². The van der Waals surface area contributed by atoms with Gasteiger partial charge >= 0.3 is 0 Å². The molecule has 2 nitrogen and oxygen atoms in total. The molecule has 0 aliphatic carbocycles. The van der Waals surface area contributed by atoms with Gasteiger partial charge in [0.25, 0.3) is 0 Å². The summed E-state index contributed by atoms with van der Waals surface area (Å²) >= 11 is 0. The smallest absolute Gasteiger partial charge is 0.154 e. The van der Waals surface area contributed by atoms with E-state index in [1.54, 1.807) is 6.92 Å². The average molecular weight is 112 g/mol. The molecule has 1 fully saturated rings. The summed E-state index contributed by atoms with van der Waals surface area (Å²) in [5.41, 5.74) is -0.464. The number of epoxide rings is 1. The van der Waals surface area contributed by atoms with Gasteiger partial charge in [-0.1, -0.05) is 5.92 Å². The molecule has 2 atom stereocenters. The molecule has 0 aromatic rings. The first-order valence-corrected chi connectivity index (χ1v) is 2.49. The third-order valence-electron chi connectivity index (χ3n) is 1.40. The zero-order valence-corrected chi connectivity index (χ0v) is 4.72. The van der Waals surface area contributed by atoms with Crippen molar-refractivity contribution in [3.8, 4) is 12.3 Å². The predicted molar refractivity (Wildman–Crippen MR) is 29.2 cm³/mol. The minimum absolute atomic E-state index is 0.0285. The van der Waals surface area contributed by atoms with Crippen LogP contribution < -0.4 is 0 Å². The lowest BCUT2D eigenvalue weighted by atomic mass is 10.1. The molecule has 0 unspecified atom stereocenters. The summed E-state index contributed by atoms with van der Waals surface area (Å²) in [4.78, 5) is 0. The average Bonchev–Trinajstić information content (AvgIpc) is 2.44. The summed E-state index contributed by atoms with van der Waals surface area (Å²) in [5, 5.41) is 8.45. The third kappa shape index (κ3) is 0.605. The maximum Gasteiger partial charge on any atom is 0.154 e. The highest BCUT2D eigenvalue weighted by Crippen LogP contribution is 2.34. The Balaban J connectivity index is 2.46. The summed E-state index contributed by atoms with van der Waals surface area (Å²) in [6.07, 6.45) is 4.93. The van der Waals surface area contributed by atoms with E-state index in [0.717, 1.165) is 0 Å². The molecule has 0 bridgehead atoms. The highest BCUT2D eigenvalue weighted by molar-refractivity contribution is 5.19. The number of aliphatic hydroxyl groups excluding tert-OH is 1. The zero-order valence-electron chi connectivity index (χ0n) is 4.72. The molecule has 0 aromatic heterocycles. The lowest BCUT2D eigenvalue weighted by Gasteiger charge is -1.87. The van der Waals surface area contributed by atoms with E-state index in [4.69, 9.17) is 16.3 Å². The van der Waals surface area contributed by atoms with Gasteiger partial charge in [-0.15, -0.1) is 6.42 Å². The van der Waals surface area contributed by atoms with Gasteiger partial charge in [0, 0.05) is 0 Å². The third-order valence-corrected chi connectivity index (χ3v) is 1.40. The van der Waals surface area contributed by atoms with Crippen LogP contribution >= 0.6 is 0 Å². The largest absolute Gasteiger partial charge is 0.394 e. The highest BCUT2D eigenvalue weighted by Gasteiger charge is 2.50. The maximum atomic E-state index is 8.45. The van der Waals surface area contributed by atoms with Gasteiger partial charge < -0.3 is 9.84 Å². The van der Waals surface area contributed by atoms with Crippen LogP contribution in [-0.4, -0.2) is 23.4 Å². The van der Waals surface area contributed by atoms with Crippen molar-refractivity contribution in [2.24, 2.45) is 0 Å². The Labute approximate surface area is 48.5 Å². The second kappa shape index (κ2) is 1.48. The Morgan fingerprint density at radius 2 is 2.62 bits per heavy atom. The molecule has 2 heteroatoms.